The molecular weight excluding hydrogens is 306 g/mol. The number of carbonyl (C=O) groups excluding carboxylic acids is 2. The lowest BCUT2D eigenvalue weighted by atomic mass is 10.2. The number of rotatable bonds is 5. The van der Waals surface area contributed by atoms with Crippen LogP contribution in [0.25, 0.3) is 0 Å². The average Bonchev–Trinajstić information content (AvgIpc) is 3.04. The summed E-state index contributed by atoms with van der Waals surface area (Å²) >= 11 is 0. The van der Waals surface area contributed by atoms with Crippen LogP contribution in [-0.2, 0) is 4.79 Å². The summed E-state index contributed by atoms with van der Waals surface area (Å²) in [6, 6.07) is 3.95. The Morgan fingerprint density at radius 3 is 2.62 bits per heavy atom. The van der Waals surface area contributed by atoms with Crippen molar-refractivity contribution in [3.05, 3.63) is 24.2 Å². The van der Waals surface area contributed by atoms with Gasteiger partial charge in [-0.15, -0.1) is 0 Å². The maximum absolute atomic E-state index is 12.8. The molecule has 3 amide bonds. The summed E-state index contributed by atoms with van der Waals surface area (Å²) in [5.74, 6) is 0.969. The average molecular weight is 333 g/mol. The second-order valence-electron chi connectivity index (χ2n) is 7.20. The van der Waals surface area contributed by atoms with Gasteiger partial charge >= 0.3 is 6.03 Å². The van der Waals surface area contributed by atoms with Crippen LogP contribution in [0.4, 0.5) is 4.79 Å². The van der Waals surface area contributed by atoms with Gasteiger partial charge in [-0.2, -0.15) is 0 Å². The smallest absolute Gasteiger partial charge is 0.318 e. The van der Waals surface area contributed by atoms with Crippen molar-refractivity contribution < 1.29 is 14.0 Å². The number of urea groups is 1. The van der Waals surface area contributed by atoms with Crippen LogP contribution < -0.4 is 5.32 Å². The zero-order chi connectivity index (χ0) is 17.3. The lowest BCUT2D eigenvalue weighted by molar-refractivity contribution is -0.133. The van der Waals surface area contributed by atoms with Gasteiger partial charge in [0.1, 0.15) is 5.76 Å². The fourth-order valence-electron chi connectivity index (χ4n) is 3.37. The van der Waals surface area contributed by atoms with Crippen LogP contribution in [0, 0.1) is 5.92 Å². The molecule has 132 valence electrons. The molecule has 0 bridgehead atoms. The zero-order valence-electron chi connectivity index (χ0n) is 14.7. The van der Waals surface area contributed by atoms with E-state index in [0.717, 1.165) is 31.6 Å². The minimum Gasteiger partial charge on any atom is -0.467 e. The van der Waals surface area contributed by atoms with Gasteiger partial charge in [0.25, 0.3) is 0 Å². The molecule has 0 spiro atoms. The van der Waals surface area contributed by atoms with Crippen LogP contribution in [0.15, 0.2) is 22.8 Å². The second-order valence-corrected chi connectivity index (χ2v) is 7.20. The molecule has 1 saturated heterocycles. The lowest BCUT2D eigenvalue weighted by Gasteiger charge is -2.29. The predicted octanol–water partition coefficient (Wildman–Crippen LogP) is 2.77. The van der Waals surface area contributed by atoms with Gasteiger partial charge in [0.05, 0.1) is 12.3 Å². The number of amides is 3. The molecule has 1 aliphatic carbocycles. The number of furan rings is 1. The van der Waals surface area contributed by atoms with E-state index in [4.69, 9.17) is 4.42 Å². The number of hydrogen-bond acceptors (Lipinski definition) is 3. The molecule has 2 aliphatic rings. The standard InChI is InChI=1S/C18H27N3O3/c1-12(2)17(22)20-9-8-14(11-20)19-18(23)21(15-6-7-15)13(3)16-5-4-10-24-16/h4-5,10,12-15H,6-9,11H2,1-3H3,(H,19,23)/t13-,14+/m1/s1. The fraction of sp³-hybridized carbons (Fsp3) is 0.667. The quantitative estimate of drug-likeness (QED) is 0.901. The van der Waals surface area contributed by atoms with Crippen molar-refractivity contribution in [2.75, 3.05) is 13.1 Å². The molecule has 1 aromatic rings. The molecule has 1 saturated carbocycles. The van der Waals surface area contributed by atoms with Crippen LogP contribution >= 0.6 is 0 Å². The van der Waals surface area contributed by atoms with Crippen molar-refractivity contribution in [3.63, 3.8) is 0 Å². The molecule has 0 radical (unpaired) electrons. The molecule has 1 N–H and O–H groups in total. The van der Waals surface area contributed by atoms with Crippen LogP contribution in [-0.4, -0.2) is 46.9 Å². The number of nitrogens with zero attached hydrogens (tertiary/aromatic N) is 2. The van der Waals surface area contributed by atoms with Crippen LogP contribution in [0.2, 0.25) is 0 Å². The normalized spacial score (nSPS) is 21.8. The summed E-state index contributed by atoms with van der Waals surface area (Å²) in [5, 5.41) is 3.12. The number of nitrogens with one attached hydrogen (secondary N) is 1. The van der Waals surface area contributed by atoms with E-state index in [1.165, 1.54) is 0 Å². The monoisotopic (exact) mass is 333 g/mol. The highest BCUT2D eigenvalue weighted by Crippen LogP contribution is 2.34. The van der Waals surface area contributed by atoms with Crippen molar-refractivity contribution in [2.24, 2.45) is 5.92 Å². The molecule has 1 aromatic heterocycles. The third-order valence-corrected chi connectivity index (χ3v) is 4.87. The van der Waals surface area contributed by atoms with Gasteiger partial charge in [0, 0.05) is 31.1 Å². The predicted molar refractivity (Wildman–Crippen MR) is 90.3 cm³/mol. The fourth-order valence-corrected chi connectivity index (χ4v) is 3.37. The highest BCUT2D eigenvalue weighted by molar-refractivity contribution is 5.79. The molecule has 6 nitrogen and oxygen atoms in total. The molecule has 2 atom stereocenters. The van der Waals surface area contributed by atoms with E-state index in [0.29, 0.717) is 12.6 Å². The highest BCUT2D eigenvalue weighted by Gasteiger charge is 2.38. The Labute approximate surface area is 143 Å². The molecule has 2 fully saturated rings. The van der Waals surface area contributed by atoms with E-state index in [9.17, 15) is 9.59 Å². The Bertz CT molecular complexity index is 580. The first-order valence-electron chi connectivity index (χ1n) is 8.88. The molecule has 0 unspecified atom stereocenters. The third-order valence-electron chi connectivity index (χ3n) is 4.87. The highest BCUT2D eigenvalue weighted by atomic mass is 16.3. The summed E-state index contributed by atoms with van der Waals surface area (Å²) in [6.07, 6.45) is 4.54. The molecule has 2 heterocycles. The minimum atomic E-state index is -0.0812. The molecule has 3 rings (SSSR count). The molecule has 24 heavy (non-hydrogen) atoms. The van der Waals surface area contributed by atoms with Gasteiger partial charge in [-0.25, -0.2) is 4.79 Å². The molecule has 1 aliphatic heterocycles. The first-order chi connectivity index (χ1) is 11.5. The van der Waals surface area contributed by atoms with E-state index < -0.39 is 0 Å². The Morgan fingerprint density at radius 2 is 2.04 bits per heavy atom. The maximum atomic E-state index is 12.8. The molecule has 6 heteroatoms. The van der Waals surface area contributed by atoms with Crippen molar-refractivity contribution >= 4 is 11.9 Å². The maximum Gasteiger partial charge on any atom is 0.318 e. The van der Waals surface area contributed by atoms with E-state index in [-0.39, 0.29) is 29.9 Å². The van der Waals surface area contributed by atoms with Gasteiger partial charge in [-0.3, -0.25) is 4.79 Å². The molecular formula is C18H27N3O3. The van der Waals surface area contributed by atoms with E-state index >= 15 is 0 Å². The van der Waals surface area contributed by atoms with E-state index in [2.05, 4.69) is 5.32 Å². The summed E-state index contributed by atoms with van der Waals surface area (Å²) in [6.45, 7) is 7.15. The van der Waals surface area contributed by atoms with Crippen molar-refractivity contribution in [2.45, 2.75) is 58.2 Å². The van der Waals surface area contributed by atoms with Crippen molar-refractivity contribution in [3.8, 4) is 0 Å². The Morgan fingerprint density at radius 1 is 1.29 bits per heavy atom. The second kappa shape index (κ2) is 6.87. The van der Waals surface area contributed by atoms with Crippen LogP contribution in [0.5, 0.6) is 0 Å². The Kier molecular flexibility index (Phi) is 4.83. The summed E-state index contributed by atoms with van der Waals surface area (Å²) in [7, 11) is 0. The Balaban J connectivity index is 1.60. The van der Waals surface area contributed by atoms with Gasteiger partial charge in [-0.1, -0.05) is 13.8 Å². The summed E-state index contributed by atoms with van der Waals surface area (Å²) in [5.41, 5.74) is 0. The number of likely N-dealkylation sites (tertiary alicyclic amines) is 1. The Hall–Kier alpha value is -1.98. The zero-order valence-corrected chi connectivity index (χ0v) is 14.7. The van der Waals surface area contributed by atoms with Gasteiger partial charge in [0.15, 0.2) is 0 Å². The van der Waals surface area contributed by atoms with E-state index in [1.807, 2.05) is 42.7 Å². The van der Waals surface area contributed by atoms with E-state index in [1.54, 1.807) is 6.26 Å². The van der Waals surface area contributed by atoms with Gasteiger partial charge in [0.2, 0.25) is 5.91 Å². The van der Waals surface area contributed by atoms with Crippen molar-refractivity contribution in [1.82, 2.24) is 15.1 Å². The first-order valence-corrected chi connectivity index (χ1v) is 8.88. The summed E-state index contributed by atoms with van der Waals surface area (Å²) < 4.78 is 5.47. The number of carbonyl (C=O) groups is 2. The molecule has 0 aromatic carbocycles. The van der Waals surface area contributed by atoms with Crippen LogP contribution in [0.1, 0.15) is 51.8 Å². The number of hydrogen-bond donors (Lipinski definition) is 1. The van der Waals surface area contributed by atoms with Crippen molar-refractivity contribution in [1.29, 1.82) is 0 Å². The lowest BCUT2D eigenvalue weighted by Crippen LogP contribution is -2.48. The largest absolute Gasteiger partial charge is 0.467 e. The SMILES string of the molecule is CC(C)C(=O)N1CC[C@H](NC(=O)N(C2CC2)[C@H](C)c2ccco2)C1. The third kappa shape index (κ3) is 3.57. The topological polar surface area (TPSA) is 65.8 Å². The van der Waals surface area contributed by atoms with Gasteiger partial charge in [-0.05, 0) is 38.3 Å². The first kappa shape index (κ1) is 16.9. The minimum absolute atomic E-state index is 0.00129. The van der Waals surface area contributed by atoms with Crippen LogP contribution in [0.3, 0.4) is 0 Å². The van der Waals surface area contributed by atoms with Gasteiger partial charge < -0.3 is 19.5 Å². The summed E-state index contributed by atoms with van der Waals surface area (Å²) in [4.78, 5) is 28.6.